The largest absolute Gasteiger partial charge is 0.493 e. The van der Waals surface area contributed by atoms with Crippen molar-refractivity contribution in [3.8, 4) is 17.2 Å². The van der Waals surface area contributed by atoms with E-state index < -0.39 is 0 Å². The highest BCUT2D eigenvalue weighted by Gasteiger charge is 2.29. The van der Waals surface area contributed by atoms with Crippen molar-refractivity contribution in [2.45, 2.75) is 38.5 Å². The van der Waals surface area contributed by atoms with Crippen molar-refractivity contribution in [2.24, 2.45) is 0 Å². The Kier molecular flexibility index (Phi) is 7.47. The number of hydrogen-bond donors (Lipinski definition) is 2. The zero-order chi connectivity index (χ0) is 23.2. The minimum Gasteiger partial charge on any atom is -0.493 e. The molecule has 2 heterocycles. The van der Waals surface area contributed by atoms with Gasteiger partial charge < -0.3 is 29.7 Å². The molecule has 1 saturated heterocycles. The molecule has 176 valence electrons. The molecule has 2 aliphatic rings. The lowest BCUT2D eigenvalue weighted by atomic mass is 10.0. The molecule has 0 unspecified atom stereocenters. The minimum absolute atomic E-state index is 0.00934. The summed E-state index contributed by atoms with van der Waals surface area (Å²) in [7, 11) is 1.56. The number of piperidine rings is 1. The van der Waals surface area contributed by atoms with E-state index in [0.29, 0.717) is 42.5 Å². The summed E-state index contributed by atoms with van der Waals surface area (Å²) in [6.07, 6.45) is 1.34. The molecule has 0 saturated carbocycles. The van der Waals surface area contributed by atoms with Gasteiger partial charge in [0.2, 0.25) is 5.91 Å². The number of nitrogens with one attached hydrogen (secondary N) is 2. The van der Waals surface area contributed by atoms with Crippen molar-refractivity contribution >= 4 is 11.8 Å². The lowest BCUT2D eigenvalue weighted by molar-refractivity contribution is -0.124. The summed E-state index contributed by atoms with van der Waals surface area (Å²) in [6.45, 7) is 4.30. The van der Waals surface area contributed by atoms with Gasteiger partial charge in [-0.15, -0.1) is 0 Å². The van der Waals surface area contributed by atoms with E-state index in [1.54, 1.807) is 30.2 Å². The van der Waals surface area contributed by atoms with Crippen molar-refractivity contribution < 1.29 is 23.8 Å². The van der Waals surface area contributed by atoms with Crippen LogP contribution in [0.5, 0.6) is 17.2 Å². The van der Waals surface area contributed by atoms with Gasteiger partial charge >= 0.3 is 0 Å². The highest BCUT2D eigenvalue weighted by molar-refractivity contribution is 5.97. The highest BCUT2D eigenvalue weighted by atomic mass is 16.5. The number of amides is 2. The fraction of sp³-hybridized carbons (Fsp3) is 0.440. The summed E-state index contributed by atoms with van der Waals surface area (Å²) >= 11 is 0. The highest BCUT2D eigenvalue weighted by Crippen LogP contribution is 2.33. The van der Waals surface area contributed by atoms with E-state index in [2.05, 4.69) is 10.6 Å². The molecule has 2 amide bonds. The van der Waals surface area contributed by atoms with Crippen LogP contribution in [0.1, 0.15) is 35.7 Å². The summed E-state index contributed by atoms with van der Waals surface area (Å²) in [4.78, 5) is 27.8. The van der Waals surface area contributed by atoms with Crippen molar-refractivity contribution in [3.05, 3.63) is 53.6 Å². The van der Waals surface area contributed by atoms with Crippen LogP contribution < -0.4 is 20.1 Å². The van der Waals surface area contributed by atoms with Crippen LogP contribution >= 0.6 is 0 Å². The lowest BCUT2D eigenvalue weighted by Gasteiger charge is -2.33. The van der Waals surface area contributed by atoms with Gasteiger partial charge in [-0.3, -0.25) is 9.59 Å². The summed E-state index contributed by atoms with van der Waals surface area (Å²) in [5.74, 6) is 1.18. The maximum Gasteiger partial charge on any atom is 0.254 e. The number of nitrogens with zero attached hydrogens (tertiary/aromatic N) is 1. The molecule has 2 N–H and O–H groups in total. The van der Waals surface area contributed by atoms with E-state index in [0.717, 1.165) is 24.9 Å². The fourth-order valence-corrected chi connectivity index (χ4v) is 4.22. The summed E-state index contributed by atoms with van der Waals surface area (Å²) in [5.41, 5.74) is 1.40. The first kappa shape index (κ1) is 23.1. The number of carbonyl (C=O) groups excluding carboxylic acids is 2. The maximum atomic E-state index is 13.3. The van der Waals surface area contributed by atoms with Crippen LogP contribution in [-0.2, 0) is 16.1 Å². The molecular weight excluding hydrogens is 422 g/mol. The van der Waals surface area contributed by atoms with Gasteiger partial charge in [-0.1, -0.05) is 19.1 Å². The first-order valence-corrected chi connectivity index (χ1v) is 11.4. The summed E-state index contributed by atoms with van der Waals surface area (Å²) < 4.78 is 17.7. The Morgan fingerprint density at radius 2 is 2.06 bits per heavy atom. The Hall–Kier alpha value is -3.10. The predicted octanol–water partition coefficient (Wildman–Crippen LogP) is 2.72. The van der Waals surface area contributed by atoms with Crippen molar-refractivity contribution in [3.63, 3.8) is 0 Å². The number of rotatable bonds is 3. The van der Waals surface area contributed by atoms with E-state index >= 15 is 0 Å². The molecule has 0 aliphatic carbocycles. The molecule has 0 spiro atoms. The van der Waals surface area contributed by atoms with Crippen LogP contribution in [0.25, 0.3) is 0 Å². The third kappa shape index (κ3) is 5.64. The first-order chi connectivity index (χ1) is 16.1. The molecule has 8 heteroatoms. The average molecular weight is 454 g/mol. The molecule has 2 atom stereocenters. The quantitative estimate of drug-likeness (QED) is 0.743. The van der Waals surface area contributed by atoms with Gasteiger partial charge in [0.25, 0.3) is 5.91 Å². The average Bonchev–Trinajstić information content (AvgIpc) is 2.82. The Morgan fingerprint density at radius 1 is 1.18 bits per heavy atom. The summed E-state index contributed by atoms with van der Waals surface area (Å²) in [5, 5.41) is 6.43. The molecule has 4 rings (SSSR count). The lowest BCUT2D eigenvalue weighted by Crippen LogP contribution is -2.55. The molecule has 0 radical (unpaired) electrons. The number of ether oxygens (including phenoxy) is 3. The van der Waals surface area contributed by atoms with Crippen LogP contribution in [0.3, 0.4) is 0 Å². The monoisotopic (exact) mass is 453 g/mol. The first-order valence-electron chi connectivity index (χ1n) is 11.4. The molecular formula is C25H31N3O5. The van der Waals surface area contributed by atoms with E-state index in [1.165, 1.54) is 0 Å². The molecule has 4 bridgehead atoms. The molecule has 2 aromatic rings. The second kappa shape index (κ2) is 10.7. The van der Waals surface area contributed by atoms with Crippen molar-refractivity contribution in [2.75, 3.05) is 33.3 Å². The third-order valence-electron chi connectivity index (χ3n) is 5.89. The standard InChI is InChI=1S/C25H31N3O5/c1-3-11-28-15-24(29)27-20-9-10-26-14-23(20)32-16-17-5-4-6-19(12-17)33-22-13-18(25(28)30)7-8-21(22)31-2/h4-8,12-13,20,23,26H,3,9-11,14-16H2,1-2H3,(H,27,29)/t20-,23-/m0/s1. The third-order valence-corrected chi connectivity index (χ3v) is 5.89. The zero-order valence-electron chi connectivity index (χ0n) is 19.1. The van der Waals surface area contributed by atoms with Crippen LogP contribution in [0.4, 0.5) is 0 Å². The number of carbonyl (C=O) groups is 2. The molecule has 2 aliphatic heterocycles. The molecule has 8 nitrogen and oxygen atoms in total. The summed E-state index contributed by atoms with van der Waals surface area (Å²) in [6, 6.07) is 12.6. The number of fused-ring (bicyclic) bond motifs is 5. The predicted molar refractivity (Wildman–Crippen MR) is 124 cm³/mol. The van der Waals surface area contributed by atoms with Gasteiger partial charge in [-0.05, 0) is 55.3 Å². The minimum atomic E-state index is -0.224. The SMILES string of the molecule is CCCN1CC(=O)N[C@H]2CCNC[C@@H]2OCc2cccc(c2)Oc2cc(ccc2OC)C1=O. The van der Waals surface area contributed by atoms with Crippen LogP contribution in [0.15, 0.2) is 42.5 Å². The van der Waals surface area contributed by atoms with Gasteiger partial charge in [0.1, 0.15) is 5.75 Å². The normalized spacial score (nSPS) is 21.6. The second-order valence-electron chi connectivity index (χ2n) is 8.36. The van der Waals surface area contributed by atoms with Crippen LogP contribution in [0, 0.1) is 0 Å². The Balaban J connectivity index is 1.70. The Labute approximate surface area is 194 Å². The second-order valence-corrected chi connectivity index (χ2v) is 8.36. The van der Waals surface area contributed by atoms with E-state index in [1.807, 2.05) is 31.2 Å². The number of methoxy groups -OCH3 is 1. The smallest absolute Gasteiger partial charge is 0.254 e. The van der Waals surface area contributed by atoms with Crippen molar-refractivity contribution in [1.82, 2.24) is 15.5 Å². The van der Waals surface area contributed by atoms with E-state index in [-0.39, 0.29) is 30.5 Å². The van der Waals surface area contributed by atoms with Gasteiger partial charge in [-0.25, -0.2) is 0 Å². The Bertz CT molecular complexity index is 996. The maximum absolute atomic E-state index is 13.3. The van der Waals surface area contributed by atoms with Gasteiger partial charge in [0, 0.05) is 18.7 Å². The zero-order valence-corrected chi connectivity index (χ0v) is 19.1. The van der Waals surface area contributed by atoms with Gasteiger partial charge in [-0.2, -0.15) is 0 Å². The van der Waals surface area contributed by atoms with Crippen LogP contribution in [0.2, 0.25) is 0 Å². The van der Waals surface area contributed by atoms with E-state index in [9.17, 15) is 9.59 Å². The number of hydrogen-bond acceptors (Lipinski definition) is 6. The number of benzene rings is 2. The van der Waals surface area contributed by atoms with E-state index in [4.69, 9.17) is 14.2 Å². The van der Waals surface area contributed by atoms with Gasteiger partial charge in [0.05, 0.1) is 32.4 Å². The molecule has 33 heavy (non-hydrogen) atoms. The topological polar surface area (TPSA) is 89.1 Å². The molecule has 2 aromatic carbocycles. The fourth-order valence-electron chi connectivity index (χ4n) is 4.22. The van der Waals surface area contributed by atoms with Crippen molar-refractivity contribution in [1.29, 1.82) is 0 Å². The van der Waals surface area contributed by atoms with Crippen LogP contribution in [-0.4, -0.2) is 62.1 Å². The molecule has 1 fully saturated rings. The molecule has 0 aromatic heterocycles. The van der Waals surface area contributed by atoms with Gasteiger partial charge in [0.15, 0.2) is 11.5 Å². The Morgan fingerprint density at radius 3 is 2.88 bits per heavy atom.